The van der Waals surface area contributed by atoms with Crippen LogP contribution in [0, 0.1) is 0 Å². The fraction of sp³-hybridized carbons (Fsp3) is 0.500. The molecule has 0 bridgehead atoms. The molecule has 11 heteroatoms. The van der Waals surface area contributed by atoms with E-state index >= 15 is 0 Å². The van der Waals surface area contributed by atoms with E-state index in [1.165, 1.54) is 27.2 Å². The number of hydrogen-bond donors (Lipinski definition) is 0. The Bertz CT molecular complexity index is 1120. The summed E-state index contributed by atoms with van der Waals surface area (Å²) in [6, 6.07) is 6.58. The largest absolute Gasteiger partial charge is 0.416 e. The van der Waals surface area contributed by atoms with Crippen molar-refractivity contribution in [3.05, 3.63) is 47.8 Å². The van der Waals surface area contributed by atoms with Gasteiger partial charge in [-0.15, -0.1) is 0 Å². The number of rotatable bonds is 4. The van der Waals surface area contributed by atoms with Crippen LogP contribution in [0.2, 0.25) is 0 Å². The molecule has 1 amide bonds. The third-order valence-corrected chi connectivity index (χ3v) is 8.12. The van der Waals surface area contributed by atoms with Crippen LogP contribution in [-0.4, -0.2) is 67.4 Å². The summed E-state index contributed by atoms with van der Waals surface area (Å²) in [5.74, 6) is -0.290. The molecule has 2 saturated heterocycles. The second-order valence-corrected chi connectivity index (χ2v) is 10.4. The van der Waals surface area contributed by atoms with Crippen molar-refractivity contribution in [1.29, 1.82) is 0 Å². The predicted octanol–water partition coefficient (Wildman–Crippen LogP) is 3.18. The Balaban J connectivity index is 1.44. The summed E-state index contributed by atoms with van der Waals surface area (Å²) < 4.78 is 67.9. The molecular weight excluding hydrogens is 457 g/mol. The molecule has 0 radical (unpaired) electrons. The van der Waals surface area contributed by atoms with Crippen LogP contribution in [0.5, 0.6) is 0 Å². The molecule has 0 saturated carbocycles. The molecule has 0 spiro atoms. The highest BCUT2D eigenvalue weighted by Crippen LogP contribution is 2.32. The number of nitrogens with zero attached hydrogens (tertiary/aromatic N) is 4. The minimum atomic E-state index is -4.41. The van der Waals surface area contributed by atoms with E-state index in [1.54, 1.807) is 18.0 Å². The van der Waals surface area contributed by atoms with Gasteiger partial charge < -0.3 is 14.4 Å². The average molecular weight is 485 g/mol. The number of hydrogen-bond acceptors (Lipinski definition) is 4. The second kappa shape index (κ2) is 9.02. The maximum Gasteiger partial charge on any atom is 0.416 e. The van der Waals surface area contributed by atoms with Crippen LogP contribution >= 0.6 is 0 Å². The average Bonchev–Trinajstić information content (AvgIpc) is 3.21. The molecule has 2 aromatic rings. The molecule has 0 atom stereocenters. The Morgan fingerprint density at radius 1 is 0.939 bits per heavy atom. The molecule has 180 valence electrons. The van der Waals surface area contributed by atoms with Crippen LogP contribution in [-0.2, 0) is 23.2 Å². The first-order chi connectivity index (χ1) is 15.6. The van der Waals surface area contributed by atoms with Gasteiger partial charge in [-0.1, -0.05) is 12.5 Å². The van der Waals surface area contributed by atoms with Gasteiger partial charge in [-0.2, -0.15) is 17.5 Å². The minimum Gasteiger partial charge on any atom is -0.368 e. The van der Waals surface area contributed by atoms with Crippen molar-refractivity contribution in [2.45, 2.75) is 30.3 Å². The van der Waals surface area contributed by atoms with Gasteiger partial charge in [0.1, 0.15) is 10.6 Å². The molecular formula is C22H27F3N4O3S. The number of alkyl halides is 3. The van der Waals surface area contributed by atoms with Crippen LogP contribution in [0.15, 0.2) is 41.4 Å². The number of piperazine rings is 1. The van der Waals surface area contributed by atoms with E-state index in [0.29, 0.717) is 45.0 Å². The van der Waals surface area contributed by atoms with E-state index in [2.05, 4.69) is 0 Å². The fourth-order valence-electron chi connectivity index (χ4n) is 4.35. The van der Waals surface area contributed by atoms with Crippen molar-refractivity contribution in [3.8, 4) is 0 Å². The second-order valence-electron chi connectivity index (χ2n) is 8.46. The Labute approximate surface area is 191 Å². The predicted molar refractivity (Wildman–Crippen MR) is 118 cm³/mol. The molecule has 7 nitrogen and oxygen atoms in total. The number of sulfonamides is 1. The van der Waals surface area contributed by atoms with E-state index < -0.39 is 21.8 Å². The van der Waals surface area contributed by atoms with Gasteiger partial charge in [0.15, 0.2) is 0 Å². The normalized spacial score (nSPS) is 18.5. The topological polar surface area (TPSA) is 65.9 Å². The van der Waals surface area contributed by atoms with Gasteiger partial charge in [0.2, 0.25) is 10.0 Å². The molecule has 2 aliphatic heterocycles. The zero-order valence-electron chi connectivity index (χ0n) is 18.4. The van der Waals surface area contributed by atoms with E-state index in [1.807, 2.05) is 4.90 Å². The minimum absolute atomic E-state index is 0.109. The monoisotopic (exact) mass is 484 g/mol. The third-order valence-electron chi connectivity index (χ3n) is 6.26. The number of carbonyl (C=O) groups excluding carboxylic acids is 1. The number of aryl methyl sites for hydroxylation is 1. The quantitative estimate of drug-likeness (QED) is 0.669. The Hall–Kier alpha value is -2.53. The van der Waals surface area contributed by atoms with Gasteiger partial charge in [0, 0.05) is 58.2 Å². The molecule has 1 aromatic heterocycles. The van der Waals surface area contributed by atoms with Gasteiger partial charge >= 0.3 is 6.18 Å². The highest BCUT2D eigenvalue weighted by molar-refractivity contribution is 7.89. The zero-order valence-corrected chi connectivity index (χ0v) is 19.2. The standard InChI is InChI=1S/C22H27F3N4O3S/c1-26-16-19(33(31,32)29-8-3-2-4-9-29)15-20(26)21(30)28-12-10-27(11-13-28)18-7-5-6-17(14-18)22(23,24)25/h5-7,14-16H,2-4,8-13H2,1H3. The van der Waals surface area contributed by atoms with Crippen molar-refractivity contribution >= 4 is 21.6 Å². The van der Waals surface area contributed by atoms with E-state index in [-0.39, 0.29) is 16.5 Å². The molecule has 3 heterocycles. The Morgan fingerprint density at radius 3 is 2.24 bits per heavy atom. The van der Waals surface area contributed by atoms with E-state index in [4.69, 9.17) is 0 Å². The van der Waals surface area contributed by atoms with Gasteiger partial charge in [0.25, 0.3) is 5.91 Å². The molecule has 0 aliphatic carbocycles. The van der Waals surface area contributed by atoms with Gasteiger partial charge in [-0.05, 0) is 37.1 Å². The van der Waals surface area contributed by atoms with Crippen molar-refractivity contribution in [3.63, 3.8) is 0 Å². The lowest BCUT2D eigenvalue weighted by Gasteiger charge is -2.36. The zero-order chi connectivity index (χ0) is 23.8. The maximum absolute atomic E-state index is 13.1. The molecule has 2 aliphatic rings. The summed E-state index contributed by atoms with van der Waals surface area (Å²) in [4.78, 5) is 16.6. The third kappa shape index (κ3) is 4.89. The number of piperidine rings is 1. The summed E-state index contributed by atoms with van der Waals surface area (Å²) in [6.45, 7) is 2.39. The summed E-state index contributed by atoms with van der Waals surface area (Å²) in [7, 11) is -2.01. The van der Waals surface area contributed by atoms with Crippen molar-refractivity contribution in [1.82, 2.24) is 13.8 Å². The molecule has 0 unspecified atom stereocenters. The van der Waals surface area contributed by atoms with Crippen molar-refractivity contribution in [2.24, 2.45) is 7.05 Å². The van der Waals surface area contributed by atoms with Crippen LogP contribution in [0.4, 0.5) is 18.9 Å². The fourth-order valence-corrected chi connectivity index (χ4v) is 5.94. The summed E-state index contributed by atoms with van der Waals surface area (Å²) in [6.07, 6.45) is -0.276. The van der Waals surface area contributed by atoms with Crippen LogP contribution in [0.3, 0.4) is 0 Å². The van der Waals surface area contributed by atoms with Gasteiger partial charge in [-0.3, -0.25) is 4.79 Å². The first kappa shape index (κ1) is 23.6. The number of anilines is 1. The van der Waals surface area contributed by atoms with Crippen molar-refractivity contribution < 1.29 is 26.4 Å². The van der Waals surface area contributed by atoms with Gasteiger partial charge in [-0.25, -0.2) is 8.42 Å². The highest BCUT2D eigenvalue weighted by Gasteiger charge is 2.32. The molecule has 2 fully saturated rings. The van der Waals surface area contributed by atoms with Crippen LogP contribution in [0.1, 0.15) is 35.3 Å². The smallest absolute Gasteiger partial charge is 0.368 e. The lowest BCUT2D eigenvalue weighted by Crippen LogP contribution is -2.49. The number of amides is 1. The number of halogens is 3. The summed E-state index contributed by atoms with van der Waals surface area (Å²) >= 11 is 0. The number of carbonyl (C=O) groups is 1. The maximum atomic E-state index is 13.1. The van der Waals surface area contributed by atoms with Crippen LogP contribution < -0.4 is 4.90 Å². The van der Waals surface area contributed by atoms with Crippen molar-refractivity contribution in [2.75, 3.05) is 44.2 Å². The van der Waals surface area contributed by atoms with E-state index in [0.717, 1.165) is 31.4 Å². The summed E-state index contributed by atoms with van der Waals surface area (Å²) in [5.41, 5.74) is 0.0357. The molecule has 4 rings (SSSR count). The Kier molecular flexibility index (Phi) is 6.45. The molecule has 1 aromatic carbocycles. The van der Waals surface area contributed by atoms with E-state index in [9.17, 15) is 26.4 Å². The molecule has 0 N–H and O–H groups in total. The Morgan fingerprint density at radius 2 is 1.61 bits per heavy atom. The summed E-state index contributed by atoms with van der Waals surface area (Å²) in [5, 5.41) is 0. The first-order valence-corrected chi connectivity index (χ1v) is 12.4. The lowest BCUT2D eigenvalue weighted by molar-refractivity contribution is -0.137. The lowest BCUT2D eigenvalue weighted by atomic mass is 10.1. The number of aromatic nitrogens is 1. The SMILES string of the molecule is Cn1cc(S(=O)(=O)N2CCCCC2)cc1C(=O)N1CCN(c2cccc(C(F)(F)F)c2)CC1. The molecule has 33 heavy (non-hydrogen) atoms. The highest BCUT2D eigenvalue weighted by atomic mass is 32.2. The van der Waals surface area contributed by atoms with Crippen LogP contribution in [0.25, 0.3) is 0 Å². The number of benzene rings is 1. The first-order valence-electron chi connectivity index (χ1n) is 11.0. The van der Waals surface area contributed by atoms with Gasteiger partial charge in [0.05, 0.1) is 5.56 Å².